The van der Waals surface area contributed by atoms with Crippen LogP contribution in [0.4, 0.5) is 5.82 Å². The lowest BCUT2D eigenvalue weighted by molar-refractivity contribution is -0.114. The van der Waals surface area contributed by atoms with Crippen molar-refractivity contribution < 1.29 is 9.59 Å². The van der Waals surface area contributed by atoms with E-state index in [9.17, 15) is 9.59 Å². The molecule has 146 valence electrons. The number of amides is 2. The second-order valence-corrected chi connectivity index (χ2v) is 7.04. The summed E-state index contributed by atoms with van der Waals surface area (Å²) in [7, 11) is 1.95. The Hall–Kier alpha value is -3.36. The summed E-state index contributed by atoms with van der Waals surface area (Å²) in [6, 6.07) is 7.65. The van der Waals surface area contributed by atoms with Crippen molar-refractivity contribution in [3.63, 3.8) is 0 Å². The molecule has 1 aliphatic rings. The zero-order chi connectivity index (χ0) is 19.7. The molecule has 0 aliphatic carbocycles. The second kappa shape index (κ2) is 7.34. The first kappa shape index (κ1) is 18.0. The van der Waals surface area contributed by atoms with Crippen LogP contribution in [0.1, 0.15) is 36.3 Å². The van der Waals surface area contributed by atoms with Gasteiger partial charge in [-0.1, -0.05) is 0 Å². The van der Waals surface area contributed by atoms with Crippen LogP contribution >= 0.6 is 0 Å². The fourth-order valence-electron chi connectivity index (χ4n) is 3.66. The molecular weight excluding hydrogens is 358 g/mol. The number of H-pyrrole nitrogens is 1. The molecule has 0 atom stereocenters. The van der Waals surface area contributed by atoms with Crippen molar-refractivity contribution in [2.24, 2.45) is 7.05 Å². The highest BCUT2D eigenvalue weighted by Gasteiger charge is 2.27. The Bertz CT molecular complexity index is 992. The van der Waals surface area contributed by atoms with E-state index in [1.807, 2.05) is 39.5 Å². The Morgan fingerprint density at radius 3 is 2.71 bits per heavy atom. The molecule has 4 heterocycles. The Morgan fingerprint density at radius 2 is 2.04 bits per heavy atom. The third-order valence-electron chi connectivity index (χ3n) is 5.09. The topological polar surface area (TPSA) is 101 Å². The highest BCUT2D eigenvalue weighted by atomic mass is 16.2. The van der Waals surface area contributed by atoms with Gasteiger partial charge in [-0.3, -0.25) is 14.7 Å². The SMILES string of the molecule is CC(=O)Nc1ccnn1C1CCN(C(=O)c2cc(-c3cccn3C)n[nH]2)CC1. The zero-order valence-electron chi connectivity index (χ0n) is 15.9. The van der Waals surface area contributed by atoms with Gasteiger partial charge in [0.1, 0.15) is 17.2 Å². The molecule has 0 spiro atoms. The molecule has 9 nitrogen and oxygen atoms in total. The number of likely N-dealkylation sites (tertiary alicyclic amines) is 1. The molecule has 1 saturated heterocycles. The van der Waals surface area contributed by atoms with Crippen molar-refractivity contribution in [1.82, 2.24) is 29.4 Å². The first-order valence-corrected chi connectivity index (χ1v) is 9.30. The van der Waals surface area contributed by atoms with Gasteiger partial charge in [-0.15, -0.1) is 0 Å². The minimum atomic E-state index is -0.123. The number of anilines is 1. The summed E-state index contributed by atoms with van der Waals surface area (Å²) in [4.78, 5) is 26.0. The Kier molecular flexibility index (Phi) is 4.72. The molecule has 0 unspecified atom stereocenters. The normalized spacial score (nSPS) is 15.0. The maximum absolute atomic E-state index is 12.8. The summed E-state index contributed by atoms with van der Waals surface area (Å²) in [5, 5.41) is 14.3. The van der Waals surface area contributed by atoms with Gasteiger partial charge in [0.15, 0.2) is 0 Å². The molecule has 3 aromatic heterocycles. The van der Waals surface area contributed by atoms with Crippen molar-refractivity contribution in [3.8, 4) is 11.4 Å². The van der Waals surface area contributed by atoms with Crippen LogP contribution in [0.5, 0.6) is 0 Å². The summed E-state index contributed by atoms with van der Waals surface area (Å²) in [5.74, 6) is 0.523. The predicted molar refractivity (Wildman–Crippen MR) is 104 cm³/mol. The number of nitrogens with zero attached hydrogens (tertiary/aromatic N) is 5. The number of carbonyl (C=O) groups is 2. The molecule has 3 aromatic rings. The van der Waals surface area contributed by atoms with E-state index in [0.717, 1.165) is 24.2 Å². The van der Waals surface area contributed by atoms with Crippen molar-refractivity contribution >= 4 is 17.6 Å². The van der Waals surface area contributed by atoms with E-state index >= 15 is 0 Å². The lowest BCUT2D eigenvalue weighted by Gasteiger charge is -2.32. The average molecular weight is 381 g/mol. The number of nitrogens with one attached hydrogen (secondary N) is 2. The number of aryl methyl sites for hydroxylation is 1. The monoisotopic (exact) mass is 381 g/mol. The Labute approximate surface area is 162 Å². The Balaban J connectivity index is 1.41. The maximum Gasteiger partial charge on any atom is 0.271 e. The molecule has 0 radical (unpaired) electrons. The first-order chi connectivity index (χ1) is 13.5. The number of carbonyl (C=O) groups excluding carboxylic acids is 2. The first-order valence-electron chi connectivity index (χ1n) is 9.30. The highest BCUT2D eigenvalue weighted by Crippen LogP contribution is 2.26. The Morgan fingerprint density at radius 1 is 1.25 bits per heavy atom. The number of rotatable bonds is 4. The number of aromatic nitrogens is 5. The fourth-order valence-corrected chi connectivity index (χ4v) is 3.66. The number of hydrogen-bond donors (Lipinski definition) is 2. The summed E-state index contributed by atoms with van der Waals surface area (Å²) in [5.41, 5.74) is 2.20. The van der Waals surface area contributed by atoms with E-state index < -0.39 is 0 Å². The van der Waals surface area contributed by atoms with Crippen LogP contribution in [0, 0.1) is 0 Å². The number of piperidine rings is 1. The minimum absolute atomic E-state index is 0.0473. The maximum atomic E-state index is 12.8. The van der Waals surface area contributed by atoms with Crippen LogP contribution in [0.25, 0.3) is 11.4 Å². The van der Waals surface area contributed by atoms with Gasteiger partial charge in [-0.05, 0) is 31.0 Å². The standard InChI is InChI=1S/C19H23N7O2/c1-13(27)21-18-5-8-20-26(18)14-6-10-25(11-7-14)19(28)16-12-15(22-23-16)17-4-3-9-24(17)2/h3-5,8-9,12,14H,6-7,10-11H2,1-2H3,(H,21,27)(H,22,23). The summed E-state index contributed by atoms with van der Waals surface area (Å²) in [6.07, 6.45) is 5.18. The van der Waals surface area contributed by atoms with Crippen molar-refractivity contribution in [2.45, 2.75) is 25.8 Å². The van der Waals surface area contributed by atoms with Gasteiger partial charge in [-0.25, -0.2) is 4.68 Å². The third kappa shape index (κ3) is 3.42. The average Bonchev–Trinajstić information content (AvgIpc) is 3.41. The van der Waals surface area contributed by atoms with E-state index in [1.165, 1.54) is 6.92 Å². The van der Waals surface area contributed by atoms with E-state index in [1.54, 1.807) is 18.3 Å². The van der Waals surface area contributed by atoms with E-state index in [4.69, 9.17) is 0 Å². The molecule has 2 amide bonds. The van der Waals surface area contributed by atoms with E-state index in [-0.39, 0.29) is 17.9 Å². The van der Waals surface area contributed by atoms with Crippen molar-refractivity contribution in [1.29, 1.82) is 0 Å². The van der Waals surface area contributed by atoms with Gasteiger partial charge in [0.2, 0.25) is 5.91 Å². The quantitative estimate of drug-likeness (QED) is 0.722. The van der Waals surface area contributed by atoms with Crippen LogP contribution in [0.2, 0.25) is 0 Å². The van der Waals surface area contributed by atoms with Crippen LogP contribution in [-0.2, 0) is 11.8 Å². The molecule has 0 aromatic carbocycles. The van der Waals surface area contributed by atoms with Gasteiger partial charge in [0.25, 0.3) is 5.91 Å². The molecule has 1 fully saturated rings. The molecule has 0 saturated carbocycles. The second-order valence-electron chi connectivity index (χ2n) is 7.04. The van der Waals surface area contributed by atoms with Crippen LogP contribution in [-0.4, -0.2) is 54.3 Å². The molecule has 4 rings (SSSR count). The van der Waals surface area contributed by atoms with Crippen LogP contribution in [0.15, 0.2) is 36.7 Å². The summed E-state index contributed by atoms with van der Waals surface area (Å²) >= 11 is 0. The minimum Gasteiger partial charge on any atom is -0.349 e. The molecule has 0 bridgehead atoms. The summed E-state index contributed by atoms with van der Waals surface area (Å²) in [6.45, 7) is 2.73. The zero-order valence-corrected chi connectivity index (χ0v) is 15.9. The lowest BCUT2D eigenvalue weighted by atomic mass is 10.0. The molecule has 28 heavy (non-hydrogen) atoms. The predicted octanol–water partition coefficient (Wildman–Crippen LogP) is 2.05. The van der Waals surface area contributed by atoms with E-state index in [2.05, 4.69) is 20.6 Å². The number of hydrogen-bond acceptors (Lipinski definition) is 4. The fraction of sp³-hybridized carbons (Fsp3) is 0.368. The van der Waals surface area contributed by atoms with Crippen molar-refractivity contribution in [3.05, 3.63) is 42.4 Å². The highest BCUT2D eigenvalue weighted by molar-refractivity contribution is 5.93. The van der Waals surface area contributed by atoms with Gasteiger partial charge < -0.3 is 14.8 Å². The van der Waals surface area contributed by atoms with Gasteiger partial charge >= 0.3 is 0 Å². The van der Waals surface area contributed by atoms with Gasteiger partial charge in [0, 0.05) is 39.3 Å². The van der Waals surface area contributed by atoms with Gasteiger partial charge in [0.05, 0.1) is 17.9 Å². The lowest BCUT2D eigenvalue weighted by Crippen LogP contribution is -2.39. The molecule has 2 N–H and O–H groups in total. The van der Waals surface area contributed by atoms with Crippen LogP contribution < -0.4 is 5.32 Å². The van der Waals surface area contributed by atoms with Gasteiger partial charge in [-0.2, -0.15) is 10.2 Å². The van der Waals surface area contributed by atoms with Crippen LogP contribution in [0.3, 0.4) is 0 Å². The molecular formula is C19H23N7O2. The largest absolute Gasteiger partial charge is 0.349 e. The third-order valence-corrected chi connectivity index (χ3v) is 5.09. The molecule has 1 aliphatic heterocycles. The smallest absolute Gasteiger partial charge is 0.271 e. The van der Waals surface area contributed by atoms with Crippen molar-refractivity contribution in [2.75, 3.05) is 18.4 Å². The molecule has 9 heteroatoms. The summed E-state index contributed by atoms with van der Waals surface area (Å²) < 4.78 is 3.81. The number of aromatic amines is 1. The van der Waals surface area contributed by atoms with E-state index in [0.29, 0.717) is 24.6 Å².